The number of halogens is 1. The zero-order valence-electron chi connectivity index (χ0n) is 10.1. The van der Waals surface area contributed by atoms with Gasteiger partial charge in [-0.2, -0.15) is 5.10 Å². The molecule has 0 bridgehead atoms. The van der Waals surface area contributed by atoms with Gasteiger partial charge >= 0.3 is 0 Å². The van der Waals surface area contributed by atoms with Crippen molar-refractivity contribution in [1.82, 2.24) is 19.6 Å². The van der Waals surface area contributed by atoms with Crippen molar-refractivity contribution in [2.75, 3.05) is 32.7 Å². The summed E-state index contributed by atoms with van der Waals surface area (Å²) in [5.74, 6) is 0. The van der Waals surface area contributed by atoms with Crippen LogP contribution in [0.2, 0.25) is 5.02 Å². The van der Waals surface area contributed by atoms with Crippen molar-refractivity contribution in [2.45, 2.75) is 25.4 Å². The monoisotopic (exact) mass is 254 g/mol. The molecule has 94 valence electrons. The SMILES string of the molecule is Clc1cnn(CCN2CCN3CCCC3C2)c1. The molecule has 0 saturated carbocycles. The van der Waals surface area contributed by atoms with Gasteiger partial charge in [-0.05, 0) is 19.4 Å². The topological polar surface area (TPSA) is 24.3 Å². The van der Waals surface area contributed by atoms with E-state index in [1.54, 1.807) is 6.20 Å². The standard InChI is InChI=1S/C12H19ClN4/c13-11-8-14-17(9-11)7-5-15-4-6-16-3-1-2-12(16)10-15/h8-9,12H,1-7,10H2. The van der Waals surface area contributed by atoms with E-state index in [1.165, 1.54) is 39.0 Å². The first-order chi connectivity index (χ1) is 8.31. The molecule has 0 aliphatic carbocycles. The molecule has 1 aromatic rings. The van der Waals surface area contributed by atoms with Gasteiger partial charge < -0.3 is 0 Å². The average molecular weight is 255 g/mol. The molecule has 0 amide bonds. The highest BCUT2D eigenvalue weighted by Gasteiger charge is 2.30. The number of piperazine rings is 1. The second-order valence-electron chi connectivity index (χ2n) is 5.05. The Morgan fingerprint density at radius 2 is 2.24 bits per heavy atom. The summed E-state index contributed by atoms with van der Waals surface area (Å²) in [7, 11) is 0. The normalized spacial score (nSPS) is 26.3. The van der Waals surface area contributed by atoms with Gasteiger partial charge in [0.15, 0.2) is 0 Å². The van der Waals surface area contributed by atoms with E-state index in [1.807, 2.05) is 10.9 Å². The zero-order valence-corrected chi connectivity index (χ0v) is 10.8. The minimum atomic E-state index is 0.727. The maximum Gasteiger partial charge on any atom is 0.0785 e. The summed E-state index contributed by atoms with van der Waals surface area (Å²) in [6, 6.07) is 0.810. The second kappa shape index (κ2) is 4.96. The van der Waals surface area contributed by atoms with Crippen molar-refractivity contribution in [1.29, 1.82) is 0 Å². The van der Waals surface area contributed by atoms with E-state index in [0.717, 1.165) is 24.2 Å². The zero-order chi connectivity index (χ0) is 11.7. The van der Waals surface area contributed by atoms with Crippen LogP contribution in [-0.4, -0.2) is 58.3 Å². The Balaban J connectivity index is 1.49. The van der Waals surface area contributed by atoms with Gasteiger partial charge in [0, 0.05) is 38.4 Å². The minimum absolute atomic E-state index is 0.727. The Bertz CT molecular complexity index is 378. The molecule has 5 heteroatoms. The van der Waals surface area contributed by atoms with Crippen LogP contribution in [0.1, 0.15) is 12.8 Å². The van der Waals surface area contributed by atoms with Crippen molar-refractivity contribution in [3.05, 3.63) is 17.4 Å². The fraction of sp³-hybridized carbons (Fsp3) is 0.750. The summed E-state index contributed by atoms with van der Waals surface area (Å²) in [6.45, 7) is 7.01. The first-order valence-electron chi connectivity index (χ1n) is 6.45. The van der Waals surface area contributed by atoms with Gasteiger partial charge in [0.2, 0.25) is 0 Å². The molecule has 2 fully saturated rings. The molecule has 0 aromatic carbocycles. The molecule has 2 aliphatic rings. The molecule has 0 radical (unpaired) electrons. The fourth-order valence-corrected chi connectivity index (χ4v) is 3.12. The third-order valence-electron chi connectivity index (χ3n) is 3.92. The Kier molecular flexibility index (Phi) is 3.36. The highest BCUT2D eigenvalue weighted by molar-refractivity contribution is 6.30. The number of nitrogens with zero attached hydrogens (tertiary/aromatic N) is 4. The summed E-state index contributed by atoms with van der Waals surface area (Å²) >= 11 is 5.85. The van der Waals surface area contributed by atoms with Gasteiger partial charge in [-0.25, -0.2) is 0 Å². The Morgan fingerprint density at radius 1 is 1.29 bits per heavy atom. The first kappa shape index (κ1) is 11.5. The molecule has 17 heavy (non-hydrogen) atoms. The summed E-state index contributed by atoms with van der Waals surface area (Å²) in [6.07, 6.45) is 6.36. The predicted octanol–water partition coefficient (Wildman–Crippen LogP) is 1.32. The number of hydrogen-bond donors (Lipinski definition) is 0. The third-order valence-corrected chi connectivity index (χ3v) is 4.11. The van der Waals surface area contributed by atoms with Crippen LogP contribution in [0.5, 0.6) is 0 Å². The molecule has 2 aliphatic heterocycles. The van der Waals surface area contributed by atoms with Crippen LogP contribution in [0.25, 0.3) is 0 Å². The van der Waals surface area contributed by atoms with E-state index in [0.29, 0.717) is 0 Å². The van der Waals surface area contributed by atoms with E-state index in [9.17, 15) is 0 Å². The van der Waals surface area contributed by atoms with Crippen LogP contribution in [0.15, 0.2) is 12.4 Å². The quantitative estimate of drug-likeness (QED) is 0.813. The smallest absolute Gasteiger partial charge is 0.0785 e. The highest BCUT2D eigenvalue weighted by Crippen LogP contribution is 2.21. The summed E-state index contributed by atoms with van der Waals surface area (Å²) in [4.78, 5) is 5.20. The Labute approximate surface area is 107 Å². The number of rotatable bonds is 3. The van der Waals surface area contributed by atoms with Crippen molar-refractivity contribution in [3.8, 4) is 0 Å². The van der Waals surface area contributed by atoms with Gasteiger partial charge in [-0.1, -0.05) is 11.6 Å². The molecule has 1 unspecified atom stereocenters. The van der Waals surface area contributed by atoms with Gasteiger partial charge in [0.1, 0.15) is 0 Å². The predicted molar refractivity (Wildman–Crippen MR) is 68.3 cm³/mol. The molecule has 3 heterocycles. The van der Waals surface area contributed by atoms with Crippen molar-refractivity contribution >= 4 is 11.6 Å². The largest absolute Gasteiger partial charge is 0.299 e. The lowest BCUT2D eigenvalue weighted by molar-refractivity contribution is 0.101. The second-order valence-corrected chi connectivity index (χ2v) is 5.49. The van der Waals surface area contributed by atoms with Gasteiger partial charge in [-0.15, -0.1) is 0 Å². The van der Waals surface area contributed by atoms with Gasteiger partial charge in [-0.3, -0.25) is 14.5 Å². The number of aromatic nitrogens is 2. The molecule has 4 nitrogen and oxygen atoms in total. The molecule has 0 N–H and O–H groups in total. The van der Waals surface area contributed by atoms with E-state index in [2.05, 4.69) is 14.9 Å². The molecule has 0 spiro atoms. The third kappa shape index (κ3) is 2.64. The molecule has 3 rings (SSSR count). The lowest BCUT2D eigenvalue weighted by Gasteiger charge is -2.37. The molecular formula is C12H19ClN4. The number of hydrogen-bond acceptors (Lipinski definition) is 3. The average Bonchev–Trinajstić information content (AvgIpc) is 2.94. The number of fused-ring (bicyclic) bond motifs is 1. The van der Waals surface area contributed by atoms with Crippen LogP contribution >= 0.6 is 11.6 Å². The van der Waals surface area contributed by atoms with Crippen LogP contribution in [0.3, 0.4) is 0 Å². The lowest BCUT2D eigenvalue weighted by atomic mass is 10.1. The van der Waals surface area contributed by atoms with E-state index in [-0.39, 0.29) is 0 Å². The molecule has 2 saturated heterocycles. The Hall–Kier alpha value is -0.580. The van der Waals surface area contributed by atoms with E-state index in [4.69, 9.17) is 11.6 Å². The summed E-state index contributed by atoms with van der Waals surface area (Å²) in [5.41, 5.74) is 0. The van der Waals surface area contributed by atoms with Crippen LogP contribution < -0.4 is 0 Å². The molecule has 1 aromatic heterocycles. The Morgan fingerprint density at radius 3 is 3.06 bits per heavy atom. The van der Waals surface area contributed by atoms with Crippen molar-refractivity contribution in [3.63, 3.8) is 0 Å². The van der Waals surface area contributed by atoms with Crippen LogP contribution in [0, 0.1) is 0 Å². The fourth-order valence-electron chi connectivity index (χ4n) is 2.96. The first-order valence-corrected chi connectivity index (χ1v) is 6.83. The minimum Gasteiger partial charge on any atom is -0.299 e. The molecular weight excluding hydrogens is 236 g/mol. The van der Waals surface area contributed by atoms with Gasteiger partial charge in [0.05, 0.1) is 17.8 Å². The lowest BCUT2D eigenvalue weighted by Crippen LogP contribution is -2.50. The summed E-state index contributed by atoms with van der Waals surface area (Å²) in [5, 5.41) is 4.94. The van der Waals surface area contributed by atoms with E-state index < -0.39 is 0 Å². The van der Waals surface area contributed by atoms with Crippen molar-refractivity contribution in [2.24, 2.45) is 0 Å². The van der Waals surface area contributed by atoms with E-state index >= 15 is 0 Å². The molecule has 1 atom stereocenters. The highest BCUT2D eigenvalue weighted by atomic mass is 35.5. The van der Waals surface area contributed by atoms with Crippen LogP contribution in [0.4, 0.5) is 0 Å². The maximum atomic E-state index is 5.85. The maximum absolute atomic E-state index is 5.85. The summed E-state index contributed by atoms with van der Waals surface area (Å²) < 4.78 is 1.93. The van der Waals surface area contributed by atoms with Gasteiger partial charge in [0.25, 0.3) is 0 Å². The van der Waals surface area contributed by atoms with Crippen LogP contribution in [-0.2, 0) is 6.54 Å². The van der Waals surface area contributed by atoms with Crippen molar-refractivity contribution < 1.29 is 0 Å².